The number of para-hydroxylation sites is 1. The third-order valence-corrected chi connectivity index (χ3v) is 4.08. The second-order valence-electron chi connectivity index (χ2n) is 5.47. The lowest BCUT2D eigenvalue weighted by Crippen LogP contribution is -2.18. The maximum atomic E-state index is 5.40. The van der Waals surface area contributed by atoms with Gasteiger partial charge in [-0.3, -0.25) is 4.68 Å². The number of nitrogens with zero attached hydrogens (tertiary/aromatic N) is 2. The minimum absolute atomic E-state index is 0.743. The molecule has 1 aromatic heterocycles. The molecular formula is C16H23N3O. The minimum atomic E-state index is 0.743. The van der Waals surface area contributed by atoms with Crippen molar-refractivity contribution in [2.24, 2.45) is 5.92 Å². The van der Waals surface area contributed by atoms with E-state index in [9.17, 15) is 0 Å². The number of rotatable bonds is 6. The Kier molecular flexibility index (Phi) is 4.33. The van der Waals surface area contributed by atoms with E-state index in [4.69, 9.17) is 9.84 Å². The molecule has 0 amide bonds. The Hall–Kier alpha value is -1.39. The molecule has 1 aliphatic heterocycles. The molecule has 1 atom stereocenters. The van der Waals surface area contributed by atoms with Gasteiger partial charge in [0.15, 0.2) is 0 Å². The van der Waals surface area contributed by atoms with Crippen molar-refractivity contribution in [3.63, 3.8) is 0 Å². The quantitative estimate of drug-likeness (QED) is 0.822. The molecule has 0 saturated carbocycles. The lowest BCUT2D eigenvalue weighted by atomic mass is 10.1. The Morgan fingerprint density at radius 2 is 2.30 bits per heavy atom. The highest BCUT2D eigenvalue weighted by Gasteiger charge is 2.15. The molecule has 4 heteroatoms. The summed E-state index contributed by atoms with van der Waals surface area (Å²) in [5.74, 6) is 0.743. The molecule has 2 heterocycles. The van der Waals surface area contributed by atoms with Gasteiger partial charge >= 0.3 is 0 Å². The van der Waals surface area contributed by atoms with Gasteiger partial charge < -0.3 is 10.1 Å². The van der Waals surface area contributed by atoms with Gasteiger partial charge in [-0.2, -0.15) is 5.10 Å². The van der Waals surface area contributed by atoms with Crippen LogP contribution in [-0.2, 0) is 17.8 Å². The molecule has 0 aliphatic carbocycles. The first-order valence-electron chi connectivity index (χ1n) is 7.61. The van der Waals surface area contributed by atoms with Gasteiger partial charge in [0.05, 0.1) is 11.2 Å². The summed E-state index contributed by atoms with van der Waals surface area (Å²) in [5, 5.41) is 9.50. The highest BCUT2D eigenvalue weighted by molar-refractivity contribution is 5.81. The zero-order chi connectivity index (χ0) is 13.8. The summed E-state index contributed by atoms with van der Waals surface area (Å²) < 4.78 is 7.49. The van der Waals surface area contributed by atoms with E-state index in [1.165, 1.54) is 23.7 Å². The van der Waals surface area contributed by atoms with Crippen molar-refractivity contribution in [3.05, 3.63) is 30.0 Å². The molecule has 1 aromatic carbocycles. The van der Waals surface area contributed by atoms with Gasteiger partial charge in [0, 0.05) is 31.7 Å². The van der Waals surface area contributed by atoms with Crippen molar-refractivity contribution in [2.45, 2.75) is 32.9 Å². The summed E-state index contributed by atoms with van der Waals surface area (Å²) in [7, 11) is 0. The topological polar surface area (TPSA) is 39.1 Å². The molecule has 0 spiro atoms. The number of hydrogen-bond acceptors (Lipinski definition) is 3. The van der Waals surface area contributed by atoms with Crippen LogP contribution >= 0.6 is 0 Å². The van der Waals surface area contributed by atoms with Crippen molar-refractivity contribution >= 4 is 10.9 Å². The van der Waals surface area contributed by atoms with Crippen LogP contribution in [0, 0.1) is 5.92 Å². The SMILES string of the molecule is CCn1nc(CNCCC2CCOC2)c2ccccc21. The van der Waals surface area contributed by atoms with Crippen LogP contribution in [0.4, 0.5) is 0 Å². The zero-order valence-corrected chi connectivity index (χ0v) is 12.1. The third-order valence-electron chi connectivity index (χ3n) is 4.08. The standard InChI is InChI=1S/C16H23N3O/c1-2-19-16-6-4-3-5-14(16)15(18-19)11-17-9-7-13-8-10-20-12-13/h3-6,13,17H,2,7-12H2,1H3. The fraction of sp³-hybridized carbons (Fsp3) is 0.562. The van der Waals surface area contributed by atoms with Crippen LogP contribution < -0.4 is 5.32 Å². The summed E-state index contributed by atoms with van der Waals surface area (Å²) in [6.45, 7) is 6.82. The van der Waals surface area contributed by atoms with E-state index < -0.39 is 0 Å². The number of benzene rings is 1. The summed E-state index contributed by atoms with van der Waals surface area (Å²) in [4.78, 5) is 0. The van der Waals surface area contributed by atoms with Crippen LogP contribution in [-0.4, -0.2) is 29.5 Å². The first kappa shape index (κ1) is 13.6. The van der Waals surface area contributed by atoms with Gasteiger partial charge in [-0.05, 0) is 38.3 Å². The fourth-order valence-corrected chi connectivity index (χ4v) is 2.89. The lowest BCUT2D eigenvalue weighted by Gasteiger charge is -2.07. The van der Waals surface area contributed by atoms with Crippen molar-refractivity contribution in [1.29, 1.82) is 0 Å². The van der Waals surface area contributed by atoms with E-state index >= 15 is 0 Å². The zero-order valence-electron chi connectivity index (χ0n) is 12.1. The minimum Gasteiger partial charge on any atom is -0.381 e. The number of ether oxygens (including phenoxy) is 1. The van der Waals surface area contributed by atoms with Crippen LogP contribution in [0.5, 0.6) is 0 Å². The first-order valence-corrected chi connectivity index (χ1v) is 7.61. The Morgan fingerprint density at radius 1 is 1.40 bits per heavy atom. The van der Waals surface area contributed by atoms with Gasteiger partial charge in [-0.25, -0.2) is 0 Å². The van der Waals surface area contributed by atoms with Crippen molar-refractivity contribution in [3.8, 4) is 0 Å². The average Bonchev–Trinajstić information content (AvgIpc) is 3.11. The molecule has 108 valence electrons. The van der Waals surface area contributed by atoms with E-state index in [2.05, 4.69) is 41.2 Å². The highest BCUT2D eigenvalue weighted by Crippen LogP contribution is 2.19. The Morgan fingerprint density at radius 3 is 3.10 bits per heavy atom. The van der Waals surface area contributed by atoms with E-state index in [1.54, 1.807) is 0 Å². The predicted octanol–water partition coefficient (Wildman–Crippen LogP) is 2.57. The largest absolute Gasteiger partial charge is 0.381 e. The van der Waals surface area contributed by atoms with E-state index in [0.29, 0.717) is 0 Å². The van der Waals surface area contributed by atoms with Gasteiger partial charge in [0.2, 0.25) is 0 Å². The van der Waals surface area contributed by atoms with Crippen molar-refractivity contribution in [2.75, 3.05) is 19.8 Å². The van der Waals surface area contributed by atoms with Crippen LogP contribution in [0.2, 0.25) is 0 Å². The van der Waals surface area contributed by atoms with Crippen LogP contribution in [0.25, 0.3) is 10.9 Å². The molecule has 0 radical (unpaired) electrons. The molecule has 0 bridgehead atoms. The smallest absolute Gasteiger partial charge is 0.0841 e. The highest BCUT2D eigenvalue weighted by atomic mass is 16.5. The second kappa shape index (κ2) is 6.37. The molecule has 3 rings (SSSR count). The predicted molar refractivity (Wildman–Crippen MR) is 80.7 cm³/mol. The second-order valence-corrected chi connectivity index (χ2v) is 5.47. The number of hydrogen-bond donors (Lipinski definition) is 1. The Labute approximate surface area is 120 Å². The average molecular weight is 273 g/mol. The molecule has 2 aromatic rings. The molecule has 1 saturated heterocycles. The maximum absolute atomic E-state index is 5.40. The molecular weight excluding hydrogens is 250 g/mol. The van der Waals surface area contributed by atoms with Gasteiger partial charge in [0.25, 0.3) is 0 Å². The van der Waals surface area contributed by atoms with E-state index in [0.717, 1.165) is 44.5 Å². The number of aryl methyl sites for hydroxylation is 1. The Bertz CT molecular complexity index is 558. The number of fused-ring (bicyclic) bond motifs is 1. The number of nitrogens with one attached hydrogen (secondary N) is 1. The van der Waals surface area contributed by atoms with E-state index in [-0.39, 0.29) is 0 Å². The molecule has 4 nitrogen and oxygen atoms in total. The Balaban J connectivity index is 1.59. The molecule has 1 unspecified atom stereocenters. The summed E-state index contributed by atoms with van der Waals surface area (Å²) >= 11 is 0. The lowest BCUT2D eigenvalue weighted by molar-refractivity contribution is 0.184. The van der Waals surface area contributed by atoms with Gasteiger partial charge in [0.1, 0.15) is 0 Å². The third kappa shape index (κ3) is 2.86. The van der Waals surface area contributed by atoms with Crippen molar-refractivity contribution < 1.29 is 4.74 Å². The van der Waals surface area contributed by atoms with Crippen LogP contribution in [0.3, 0.4) is 0 Å². The number of aromatic nitrogens is 2. The summed E-state index contributed by atoms with van der Waals surface area (Å²) in [5.41, 5.74) is 2.39. The molecule has 20 heavy (non-hydrogen) atoms. The van der Waals surface area contributed by atoms with Crippen LogP contribution in [0.15, 0.2) is 24.3 Å². The van der Waals surface area contributed by atoms with Crippen LogP contribution in [0.1, 0.15) is 25.5 Å². The van der Waals surface area contributed by atoms with Gasteiger partial charge in [-0.1, -0.05) is 18.2 Å². The summed E-state index contributed by atoms with van der Waals surface area (Å²) in [6.07, 6.45) is 2.42. The maximum Gasteiger partial charge on any atom is 0.0841 e. The van der Waals surface area contributed by atoms with Crippen molar-refractivity contribution in [1.82, 2.24) is 15.1 Å². The fourth-order valence-electron chi connectivity index (χ4n) is 2.89. The monoisotopic (exact) mass is 273 g/mol. The molecule has 1 fully saturated rings. The van der Waals surface area contributed by atoms with Gasteiger partial charge in [-0.15, -0.1) is 0 Å². The molecule has 1 aliphatic rings. The summed E-state index contributed by atoms with van der Waals surface area (Å²) in [6, 6.07) is 8.47. The first-order chi connectivity index (χ1) is 9.88. The molecule has 1 N–H and O–H groups in total. The normalized spacial score (nSPS) is 18.9. The van der Waals surface area contributed by atoms with E-state index in [1.807, 2.05) is 0 Å².